The lowest BCUT2D eigenvalue weighted by molar-refractivity contribution is -0.167. The van der Waals surface area contributed by atoms with Gasteiger partial charge in [0.25, 0.3) is 0 Å². The number of amides is 2. The van der Waals surface area contributed by atoms with E-state index >= 15 is 0 Å². The van der Waals surface area contributed by atoms with Crippen molar-refractivity contribution in [3.05, 3.63) is 65.2 Å². The van der Waals surface area contributed by atoms with E-state index in [2.05, 4.69) is 34.5 Å². The molecule has 1 unspecified atom stereocenters. The van der Waals surface area contributed by atoms with Gasteiger partial charge in [-0.15, -0.1) is 0 Å². The highest BCUT2D eigenvalue weighted by atomic mass is 16.5. The van der Waals surface area contributed by atoms with Crippen molar-refractivity contribution in [2.45, 2.75) is 95.0 Å². The minimum Gasteiger partial charge on any atom is -0.460 e. The average Bonchev–Trinajstić information content (AvgIpc) is 3.08. The summed E-state index contributed by atoms with van der Waals surface area (Å²) < 4.78 is 6.33. The molecular weight excluding hydrogens is 566 g/mol. The molecule has 1 atom stereocenters. The maximum atomic E-state index is 13.9. The Morgan fingerprint density at radius 1 is 0.978 bits per heavy atom. The first-order valence-electron chi connectivity index (χ1n) is 17.0. The minimum absolute atomic E-state index is 0.0233. The Morgan fingerprint density at radius 3 is 2.42 bits per heavy atom. The van der Waals surface area contributed by atoms with Crippen LogP contribution in [0.4, 0.5) is 5.69 Å². The topological polar surface area (TPSA) is 96.0 Å². The molecule has 45 heavy (non-hydrogen) atoms. The number of fused-ring (bicyclic) bond motifs is 3. The van der Waals surface area contributed by atoms with Gasteiger partial charge in [-0.05, 0) is 106 Å². The molecule has 8 nitrogen and oxygen atoms in total. The Kier molecular flexibility index (Phi) is 11.4. The lowest BCUT2D eigenvalue weighted by Gasteiger charge is -2.45. The first-order chi connectivity index (χ1) is 21.9. The number of nitrogens with zero attached hydrogens (tertiary/aromatic N) is 2. The summed E-state index contributed by atoms with van der Waals surface area (Å²) >= 11 is 0. The summed E-state index contributed by atoms with van der Waals surface area (Å²) in [7, 11) is 1.82. The maximum absolute atomic E-state index is 13.9. The zero-order chi connectivity index (χ0) is 31.6. The van der Waals surface area contributed by atoms with E-state index in [0.717, 1.165) is 101 Å². The number of piperidine rings is 3. The van der Waals surface area contributed by atoms with E-state index in [1.165, 1.54) is 0 Å². The van der Waals surface area contributed by atoms with Crippen LogP contribution in [0.1, 0.15) is 98.5 Å². The number of carbonyl (C=O) groups excluding carboxylic acids is 4. The zero-order valence-electron chi connectivity index (χ0n) is 26.8. The molecule has 0 radical (unpaired) electrons. The predicted octanol–water partition coefficient (Wildman–Crippen LogP) is 5.93. The molecule has 2 bridgehead atoms. The van der Waals surface area contributed by atoms with Gasteiger partial charge >= 0.3 is 5.97 Å². The first kappa shape index (κ1) is 32.9. The van der Waals surface area contributed by atoms with E-state index in [0.29, 0.717) is 43.0 Å². The Morgan fingerprint density at radius 2 is 1.73 bits per heavy atom. The fraction of sp³-hybridized carbons (Fsp3) is 0.568. The van der Waals surface area contributed by atoms with Crippen LogP contribution in [0.15, 0.2) is 48.5 Å². The molecule has 3 heterocycles. The molecule has 4 fully saturated rings. The molecular formula is C37H49N3O5. The van der Waals surface area contributed by atoms with Crippen LogP contribution in [0.5, 0.6) is 0 Å². The fourth-order valence-corrected chi connectivity index (χ4v) is 7.35. The number of carbonyl (C=O) groups is 4. The highest BCUT2D eigenvalue weighted by Crippen LogP contribution is 2.42. The van der Waals surface area contributed by atoms with Gasteiger partial charge in [0.2, 0.25) is 11.8 Å². The monoisotopic (exact) mass is 615 g/mol. The molecule has 1 saturated carbocycles. The van der Waals surface area contributed by atoms with Gasteiger partial charge < -0.3 is 15.0 Å². The second-order valence-electron chi connectivity index (χ2n) is 13.3. The summed E-state index contributed by atoms with van der Waals surface area (Å²) in [6.45, 7) is 3.75. The van der Waals surface area contributed by atoms with Crippen molar-refractivity contribution in [1.82, 2.24) is 9.80 Å². The summed E-state index contributed by atoms with van der Waals surface area (Å²) in [5.74, 6) is 0.504. The number of rotatable bonds is 14. The molecule has 0 aromatic heterocycles. The molecule has 0 spiro atoms. The van der Waals surface area contributed by atoms with E-state index in [1.807, 2.05) is 7.05 Å². The highest BCUT2D eigenvalue weighted by Gasteiger charge is 2.45. The molecule has 4 aliphatic rings. The number of benzene rings is 2. The molecule has 242 valence electrons. The van der Waals surface area contributed by atoms with Crippen molar-refractivity contribution < 1.29 is 23.9 Å². The average molecular weight is 616 g/mol. The zero-order valence-corrected chi connectivity index (χ0v) is 26.8. The third kappa shape index (κ3) is 8.60. The number of anilines is 1. The molecule has 2 amide bonds. The number of aryl methyl sites for hydroxylation is 1. The fourth-order valence-electron chi connectivity index (χ4n) is 7.35. The van der Waals surface area contributed by atoms with Crippen LogP contribution in [0.2, 0.25) is 0 Å². The number of nitrogens with one attached hydrogen (secondary N) is 1. The van der Waals surface area contributed by atoms with Gasteiger partial charge in [0.1, 0.15) is 12.4 Å². The van der Waals surface area contributed by atoms with Crippen molar-refractivity contribution >= 4 is 29.8 Å². The SMILES string of the molecule is CN(CCCCC(=O)Nc1ccc(C=O)cc1)C(=O)CCCc1cccc(C2(C(=O)OC3CN4CCC3CC4)CCCCC2)c1. The van der Waals surface area contributed by atoms with Gasteiger partial charge in [-0.25, -0.2) is 0 Å². The Hall–Kier alpha value is -3.52. The molecule has 3 aliphatic heterocycles. The molecule has 6 rings (SSSR count). The van der Waals surface area contributed by atoms with E-state index in [9.17, 15) is 19.2 Å². The molecule has 8 heteroatoms. The van der Waals surface area contributed by atoms with Gasteiger partial charge in [0, 0.05) is 44.2 Å². The summed E-state index contributed by atoms with van der Waals surface area (Å²) in [6.07, 6.45) is 11.8. The van der Waals surface area contributed by atoms with Crippen LogP contribution in [-0.4, -0.2) is 73.2 Å². The number of hydrogen-bond donors (Lipinski definition) is 1. The quantitative estimate of drug-likeness (QED) is 0.161. The number of ether oxygens (including phenoxy) is 1. The van der Waals surface area contributed by atoms with E-state index in [1.54, 1.807) is 29.2 Å². The number of hydrogen-bond acceptors (Lipinski definition) is 6. The van der Waals surface area contributed by atoms with Crippen LogP contribution < -0.4 is 5.32 Å². The van der Waals surface area contributed by atoms with E-state index in [-0.39, 0.29) is 23.9 Å². The van der Waals surface area contributed by atoms with Crippen molar-refractivity contribution in [2.24, 2.45) is 5.92 Å². The molecule has 3 saturated heterocycles. The largest absolute Gasteiger partial charge is 0.460 e. The summed E-state index contributed by atoms with van der Waals surface area (Å²) in [5, 5.41) is 2.84. The van der Waals surface area contributed by atoms with E-state index in [4.69, 9.17) is 4.74 Å². The Labute approximate surface area is 267 Å². The third-order valence-electron chi connectivity index (χ3n) is 10.2. The predicted molar refractivity (Wildman–Crippen MR) is 175 cm³/mol. The van der Waals surface area contributed by atoms with Gasteiger partial charge in [0.15, 0.2) is 0 Å². The van der Waals surface area contributed by atoms with E-state index < -0.39 is 5.41 Å². The highest BCUT2D eigenvalue weighted by molar-refractivity contribution is 5.91. The van der Waals surface area contributed by atoms with Gasteiger partial charge in [-0.3, -0.25) is 24.1 Å². The van der Waals surface area contributed by atoms with Crippen molar-refractivity contribution in [2.75, 3.05) is 38.5 Å². The lowest BCUT2D eigenvalue weighted by atomic mass is 9.69. The Balaban J connectivity index is 1.06. The van der Waals surface area contributed by atoms with Gasteiger partial charge in [0.05, 0.1) is 5.41 Å². The Bertz CT molecular complexity index is 1310. The van der Waals surface area contributed by atoms with Gasteiger partial charge in [-0.1, -0.05) is 43.5 Å². The maximum Gasteiger partial charge on any atom is 0.316 e. The smallest absolute Gasteiger partial charge is 0.316 e. The minimum atomic E-state index is -0.561. The summed E-state index contributed by atoms with van der Waals surface area (Å²) in [5.41, 5.74) is 2.92. The van der Waals surface area contributed by atoms with Crippen LogP contribution in [-0.2, 0) is 31.0 Å². The number of unbranched alkanes of at least 4 members (excludes halogenated alkanes) is 1. The second-order valence-corrected chi connectivity index (χ2v) is 13.3. The molecule has 1 aliphatic carbocycles. The number of aldehydes is 1. The van der Waals surface area contributed by atoms with Crippen molar-refractivity contribution in [3.8, 4) is 0 Å². The summed E-state index contributed by atoms with van der Waals surface area (Å²) in [4.78, 5) is 53.9. The lowest BCUT2D eigenvalue weighted by Crippen LogP contribution is -2.53. The van der Waals surface area contributed by atoms with Crippen LogP contribution in [0.3, 0.4) is 0 Å². The van der Waals surface area contributed by atoms with Crippen molar-refractivity contribution in [1.29, 1.82) is 0 Å². The molecule has 2 aromatic carbocycles. The summed E-state index contributed by atoms with van der Waals surface area (Å²) in [6, 6.07) is 15.2. The first-order valence-corrected chi connectivity index (χ1v) is 17.0. The number of esters is 1. The third-order valence-corrected chi connectivity index (χ3v) is 10.2. The van der Waals surface area contributed by atoms with Crippen LogP contribution in [0, 0.1) is 5.92 Å². The molecule has 1 N–H and O–H groups in total. The second kappa shape index (κ2) is 15.7. The van der Waals surface area contributed by atoms with Crippen LogP contribution in [0.25, 0.3) is 0 Å². The standard InChI is InChI=1S/C37H49N3O5/c1-39(22-6-3-12-34(42)38-32-16-14-29(27-41)15-17-32)35(43)13-8-10-28-9-7-11-31(25-28)37(20-4-2-5-21-37)36(44)45-33-26-40-23-18-30(33)19-24-40/h7,9,11,14-17,25,27,30,33H,2-6,8,10,12-13,18-24,26H2,1H3,(H,38,42). The normalized spacial score (nSPS) is 21.9. The van der Waals surface area contributed by atoms with Crippen molar-refractivity contribution in [3.63, 3.8) is 0 Å². The van der Waals surface area contributed by atoms with Crippen LogP contribution >= 0.6 is 0 Å². The molecule has 2 aromatic rings. The van der Waals surface area contributed by atoms with Gasteiger partial charge in [-0.2, -0.15) is 0 Å².